The second-order valence-electron chi connectivity index (χ2n) is 7.48. The minimum Gasteiger partial charge on any atom is -0.548 e. The molecule has 0 N–H and O–H groups in total. The van der Waals surface area contributed by atoms with Gasteiger partial charge < -0.3 is 39.1 Å². The first kappa shape index (κ1) is 33.8. The van der Waals surface area contributed by atoms with Crippen molar-refractivity contribution in [2.75, 3.05) is 24.7 Å². The minimum atomic E-state index is -1.36. The number of ether oxygens (including phenoxy) is 2. The molecule has 15 heteroatoms. The Kier molecular flexibility index (Phi) is 13.4. The Morgan fingerprint density at radius 2 is 1.06 bits per heavy atom. The van der Waals surface area contributed by atoms with Crippen LogP contribution < -0.4 is 10.2 Å². The topological polar surface area (TPSA) is 173 Å². The Morgan fingerprint density at radius 3 is 1.26 bits per heavy atom. The molecule has 0 saturated carbocycles. The van der Waals surface area contributed by atoms with E-state index in [2.05, 4.69) is 0 Å². The molecule has 2 rings (SSSR count). The molecular weight excluding hydrogens is 532 g/mol. The number of rotatable bonds is 6. The Balaban J connectivity index is 0.000000642. The van der Waals surface area contributed by atoms with Crippen molar-refractivity contribution in [3.05, 3.63) is 0 Å². The van der Waals surface area contributed by atoms with Crippen LogP contribution in [0.3, 0.4) is 0 Å². The minimum absolute atomic E-state index is 0. The SMILES string of the molecule is CCOC(=O)C1(C)SCC(C(=O)[O-])N1C(C)=O.CCOC(=O)C1(C)SCC(C(=O)[O-])N1C(C)=O.[Ca+2]. The number of carboxylic acids is 2. The fraction of sp³-hybridized carbons (Fsp3) is 0.700. The maximum absolute atomic E-state index is 11.8. The molecule has 0 aromatic carbocycles. The summed E-state index contributed by atoms with van der Waals surface area (Å²) in [6.45, 7) is 9.07. The summed E-state index contributed by atoms with van der Waals surface area (Å²) >= 11 is 2.15. The van der Waals surface area contributed by atoms with Gasteiger partial charge in [-0.1, -0.05) is 0 Å². The van der Waals surface area contributed by atoms with Crippen molar-refractivity contribution in [2.45, 2.75) is 63.4 Å². The third-order valence-electron chi connectivity index (χ3n) is 5.12. The van der Waals surface area contributed by atoms with Crippen LogP contribution in [0.1, 0.15) is 41.5 Å². The van der Waals surface area contributed by atoms with Crippen LogP contribution in [0, 0.1) is 0 Å². The van der Waals surface area contributed by atoms with Crippen LogP contribution in [-0.2, 0) is 38.2 Å². The number of carbonyl (C=O) groups is 6. The summed E-state index contributed by atoms with van der Waals surface area (Å²) in [7, 11) is 0. The van der Waals surface area contributed by atoms with Crippen LogP contribution in [0.4, 0.5) is 0 Å². The van der Waals surface area contributed by atoms with Gasteiger partial charge >= 0.3 is 49.7 Å². The second kappa shape index (κ2) is 13.9. The Bertz CT molecular complexity index is 792. The van der Waals surface area contributed by atoms with Crippen molar-refractivity contribution in [2.24, 2.45) is 0 Å². The van der Waals surface area contributed by atoms with Crippen LogP contribution in [0.25, 0.3) is 0 Å². The molecule has 35 heavy (non-hydrogen) atoms. The molecule has 0 aromatic rings. The number of carbonyl (C=O) groups excluding carboxylic acids is 6. The molecule has 2 fully saturated rings. The molecule has 2 heterocycles. The summed E-state index contributed by atoms with van der Waals surface area (Å²) in [6, 6.07) is -2.18. The van der Waals surface area contributed by atoms with Crippen LogP contribution in [0.15, 0.2) is 0 Å². The van der Waals surface area contributed by atoms with E-state index in [9.17, 15) is 39.0 Å². The van der Waals surface area contributed by atoms with Gasteiger partial charge in [-0.05, 0) is 27.7 Å². The summed E-state index contributed by atoms with van der Waals surface area (Å²) in [5, 5.41) is 21.8. The van der Waals surface area contributed by atoms with Gasteiger partial charge in [-0.25, -0.2) is 9.59 Å². The first-order valence-corrected chi connectivity index (χ1v) is 12.3. The van der Waals surface area contributed by atoms with Gasteiger partial charge in [0.2, 0.25) is 11.8 Å². The number of carboxylic acid groups (broad SMARTS) is 2. The van der Waals surface area contributed by atoms with E-state index in [1.165, 1.54) is 27.7 Å². The smallest absolute Gasteiger partial charge is 0.548 e. The van der Waals surface area contributed by atoms with E-state index >= 15 is 0 Å². The summed E-state index contributed by atoms with van der Waals surface area (Å²) < 4.78 is 9.74. The standard InChI is InChI=1S/2C10H15NO5S.Ca/c2*1-4-16-9(15)10(3)11(6(2)12)7(5-17-10)8(13)14;/h2*7H,4-5H2,1-3H3,(H,13,14);/q;;+2/p-2. The molecule has 0 radical (unpaired) electrons. The van der Waals surface area contributed by atoms with Crippen molar-refractivity contribution in [3.8, 4) is 0 Å². The zero-order chi connectivity index (χ0) is 26.4. The van der Waals surface area contributed by atoms with Gasteiger partial charge in [0.15, 0.2) is 9.74 Å². The number of nitrogens with zero attached hydrogens (tertiary/aromatic N) is 2. The molecule has 4 unspecified atom stereocenters. The third-order valence-corrected chi connectivity index (χ3v) is 7.93. The third kappa shape index (κ3) is 7.40. The van der Waals surface area contributed by atoms with E-state index in [0.29, 0.717) is 0 Å². The van der Waals surface area contributed by atoms with Crippen molar-refractivity contribution in [1.82, 2.24) is 9.80 Å². The van der Waals surface area contributed by atoms with Gasteiger partial charge in [-0.3, -0.25) is 9.59 Å². The van der Waals surface area contributed by atoms with Crippen LogP contribution in [0.5, 0.6) is 0 Å². The summed E-state index contributed by atoms with van der Waals surface area (Å²) in [5.41, 5.74) is 0. The van der Waals surface area contributed by atoms with Crippen molar-refractivity contribution < 1.29 is 48.5 Å². The summed E-state index contributed by atoms with van der Waals surface area (Å²) in [6.07, 6.45) is 0. The van der Waals surface area contributed by atoms with E-state index < -0.39 is 57.5 Å². The largest absolute Gasteiger partial charge is 2.00 e. The molecule has 4 atom stereocenters. The molecule has 2 amide bonds. The van der Waals surface area contributed by atoms with Gasteiger partial charge in [0, 0.05) is 25.4 Å². The quantitative estimate of drug-likeness (QED) is 0.249. The van der Waals surface area contributed by atoms with E-state index in [-0.39, 0.29) is 62.5 Å². The molecule has 0 spiro atoms. The molecule has 2 aliphatic heterocycles. The van der Waals surface area contributed by atoms with Gasteiger partial charge in [0.25, 0.3) is 0 Å². The monoisotopic (exact) mass is 560 g/mol. The van der Waals surface area contributed by atoms with Crippen LogP contribution >= 0.6 is 23.5 Å². The number of thioether (sulfide) groups is 2. The van der Waals surface area contributed by atoms with E-state index in [0.717, 1.165) is 33.3 Å². The average Bonchev–Trinajstić information content (AvgIpc) is 3.28. The van der Waals surface area contributed by atoms with E-state index in [1.54, 1.807) is 13.8 Å². The van der Waals surface area contributed by atoms with Crippen molar-refractivity contribution in [1.29, 1.82) is 0 Å². The zero-order valence-electron chi connectivity index (χ0n) is 20.5. The number of hydrogen-bond donors (Lipinski definition) is 0. The van der Waals surface area contributed by atoms with Crippen LogP contribution in [-0.4, -0.2) is 130 Å². The number of aliphatic carboxylic acids is 2. The molecule has 0 aliphatic carbocycles. The Hall–Kier alpha value is -1.22. The van der Waals surface area contributed by atoms with Crippen molar-refractivity contribution >= 4 is 97.0 Å². The molecular formula is C20H28CaN2O10S2. The van der Waals surface area contributed by atoms with Gasteiger partial charge in [0.05, 0.1) is 37.2 Å². The van der Waals surface area contributed by atoms with Gasteiger partial charge in [-0.15, -0.1) is 23.5 Å². The fourth-order valence-electron chi connectivity index (χ4n) is 3.60. The maximum Gasteiger partial charge on any atom is 2.00 e. The van der Waals surface area contributed by atoms with Gasteiger partial charge in [0.1, 0.15) is 0 Å². The zero-order valence-corrected chi connectivity index (χ0v) is 24.3. The number of esters is 2. The molecule has 12 nitrogen and oxygen atoms in total. The molecule has 0 aromatic heterocycles. The first-order valence-electron chi connectivity index (χ1n) is 10.3. The van der Waals surface area contributed by atoms with E-state index in [4.69, 9.17) is 9.47 Å². The first-order chi connectivity index (χ1) is 15.7. The van der Waals surface area contributed by atoms with E-state index in [1.807, 2.05) is 0 Å². The van der Waals surface area contributed by atoms with Gasteiger partial charge in [-0.2, -0.15) is 0 Å². The number of amides is 2. The number of hydrogen-bond acceptors (Lipinski definition) is 12. The normalized spacial score (nSPS) is 27.1. The fourth-order valence-corrected chi connectivity index (χ4v) is 6.28. The Morgan fingerprint density at radius 1 is 0.771 bits per heavy atom. The summed E-state index contributed by atoms with van der Waals surface area (Å²) in [5.74, 6) is -4.66. The maximum atomic E-state index is 11.8. The molecule has 192 valence electrons. The molecule has 0 bridgehead atoms. The molecule has 2 aliphatic rings. The van der Waals surface area contributed by atoms with Crippen molar-refractivity contribution in [3.63, 3.8) is 0 Å². The Labute approximate surface area is 241 Å². The predicted molar refractivity (Wildman–Crippen MR) is 123 cm³/mol. The average molecular weight is 561 g/mol. The second-order valence-corrected chi connectivity index (χ2v) is 10.3. The predicted octanol–water partition coefficient (Wildman–Crippen LogP) is -2.42. The van der Waals surface area contributed by atoms with Crippen LogP contribution in [0.2, 0.25) is 0 Å². The molecule has 2 saturated heterocycles. The summed E-state index contributed by atoms with van der Waals surface area (Å²) in [4.78, 5) is 67.9.